The molecule has 24 heavy (non-hydrogen) atoms. The molecule has 128 valence electrons. The molecule has 1 heterocycles. The van der Waals surface area contributed by atoms with Gasteiger partial charge >= 0.3 is 6.61 Å². The number of hydrogen-bond acceptors (Lipinski definition) is 4. The van der Waals surface area contributed by atoms with Crippen molar-refractivity contribution in [2.75, 3.05) is 5.32 Å². The van der Waals surface area contributed by atoms with Crippen LogP contribution >= 0.6 is 0 Å². The molecule has 1 aliphatic carbocycles. The van der Waals surface area contributed by atoms with Crippen LogP contribution in [-0.4, -0.2) is 22.6 Å². The van der Waals surface area contributed by atoms with Crippen LogP contribution in [0.25, 0.3) is 11.1 Å². The van der Waals surface area contributed by atoms with Gasteiger partial charge in [-0.15, -0.1) is 0 Å². The van der Waals surface area contributed by atoms with Crippen molar-refractivity contribution < 1.29 is 13.5 Å². The van der Waals surface area contributed by atoms with Gasteiger partial charge in [-0.2, -0.15) is 8.78 Å². The molecule has 4 nitrogen and oxygen atoms in total. The Balaban J connectivity index is 1.71. The van der Waals surface area contributed by atoms with E-state index >= 15 is 0 Å². The van der Waals surface area contributed by atoms with Crippen molar-refractivity contribution in [1.82, 2.24) is 9.97 Å². The summed E-state index contributed by atoms with van der Waals surface area (Å²) >= 11 is 0. The minimum atomic E-state index is -2.86. The number of rotatable bonds is 5. The van der Waals surface area contributed by atoms with E-state index in [1.54, 1.807) is 30.6 Å². The highest BCUT2D eigenvalue weighted by Gasteiger charge is 2.18. The van der Waals surface area contributed by atoms with Crippen molar-refractivity contribution in [2.24, 2.45) is 5.92 Å². The predicted molar refractivity (Wildman–Crippen MR) is 89.1 cm³/mol. The fourth-order valence-corrected chi connectivity index (χ4v) is 3.03. The van der Waals surface area contributed by atoms with Gasteiger partial charge in [0, 0.05) is 29.6 Å². The maximum absolute atomic E-state index is 12.5. The SMILES string of the molecule is C[C@H]1CC[C@H](Nc2ncc(-c3ccccc3OC(F)F)cn2)CC1. The van der Waals surface area contributed by atoms with Crippen molar-refractivity contribution in [3.05, 3.63) is 36.7 Å². The predicted octanol–water partition coefficient (Wildman–Crippen LogP) is 4.74. The van der Waals surface area contributed by atoms with Gasteiger partial charge in [-0.1, -0.05) is 25.1 Å². The molecule has 0 aliphatic heterocycles. The number of para-hydroxylation sites is 1. The number of nitrogens with zero attached hydrogens (tertiary/aromatic N) is 2. The molecule has 1 aromatic heterocycles. The third-order valence-electron chi connectivity index (χ3n) is 4.42. The monoisotopic (exact) mass is 333 g/mol. The van der Waals surface area contributed by atoms with Crippen LogP contribution in [0.2, 0.25) is 0 Å². The van der Waals surface area contributed by atoms with Gasteiger partial charge in [-0.3, -0.25) is 0 Å². The normalized spacial score (nSPS) is 20.8. The zero-order chi connectivity index (χ0) is 16.9. The van der Waals surface area contributed by atoms with Gasteiger partial charge in [0.25, 0.3) is 0 Å². The standard InChI is InChI=1S/C18H21F2N3O/c1-12-6-8-14(9-7-12)23-18-21-10-13(11-22-18)15-4-2-3-5-16(15)24-17(19)20/h2-5,10-12,14,17H,6-9H2,1H3,(H,21,22,23)/t12-,14-. The summed E-state index contributed by atoms with van der Waals surface area (Å²) in [5, 5.41) is 3.35. The number of benzene rings is 1. The lowest BCUT2D eigenvalue weighted by Gasteiger charge is -2.26. The fourth-order valence-electron chi connectivity index (χ4n) is 3.03. The third kappa shape index (κ3) is 4.19. The molecule has 0 bridgehead atoms. The van der Waals surface area contributed by atoms with E-state index in [1.165, 1.54) is 18.9 Å². The van der Waals surface area contributed by atoms with Crippen LogP contribution in [0, 0.1) is 5.92 Å². The Bertz CT molecular complexity index is 656. The summed E-state index contributed by atoms with van der Waals surface area (Å²) in [4.78, 5) is 8.65. The average Bonchev–Trinajstić information content (AvgIpc) is 2.58. The Hall–Kier alpha value is -2.24. The molecular formula is C18H21F2N3O. The van der Waals surface area contributed by atoms with E-state index in [1.807, 2.05) is 0 Å². The first-order chi connectivity index (χ1) is 11.6. The molecule has 2 aromatic rings. The number of aromatic nitrogens is 2. The van der Waals surface area contributed by atoms with E-state index in [0.717, 1.165) is 18.8 Å². The van der Waals surface area contributed by atoms with Crippen LogP contribution in [0.4, 0.5) is 14.7 Å². The molecule has 0 unspecified atom stereocenters. The van der Waals surface area contributed by atoms with Crippen molar-refractivity contribution in [1.29, 1.82) is 0 Å². The van der Waals surface area contributed by atoms with Crippen molar-refractivity contribution >= 4 is 5.95 Å². The summed E-state index contributed by atoms with van der Waals surface area (Å²) in [6.45, 7) is -0.581. The maximum atomic E-state index is 12.5. The molecule has 0 amide bonds. The highest BCUT2D eigenvalue weighted by molar-refractivity contribution is 5.69. The number of nitrogens with one attached hydrogen (secondary N) is 1. The van der Waals surface area contributed by atoms with Crippen LogP contribution in [0.1, 0.15) is 32.6 Å². The smallest absolute Gasteiger partial charge is 0.387 e. The number of halogens is 2. The molecule has 1 aromatic carbocycles. The maximum Gasteiger partial charge on any atom is 0.387 e. The Morgan fingerprint density at radius 3 is 2.42 bits per heavy atom. The quantitative estimate of drug-likeness (QED) is 0.859. The van der Waals surface area contributed by atoms with Crippen LogP contribution in [-0.2, 0) is 0 Å². The second-order valence-corrected chi connectivity index (χ2v) is 6.27. The van der Waals surface area contributed by atoms with Gasteiger partial charge < -0.3 is 10.1 Å². The minimum absolute atomic E-state index is 0.123. The molecule has 1 aliphatic rings. The lowest BCUT2D eigenvalue weighted by molar-refractivity contribution is -0.0494. The summed E-state index contributed by atoms with van der Waals surface area (Å²) in [6.07, 6.45) is 7.94. The lowest BCUT2D eigenvalue weighted by Crippen LogP contribution is -2.26. The van der Waals surface area contributed by atoms with Gasteiger partial charge in [0.05, 0.1) is 0 Å². The van der Waals surface area contributed by atoms with Crippen LogP contribution in [0.15, 0.2) is 36.7 Å². The first kappa shape index (κ1) is 16.6. The molecule has 0 saturated heterocycles. The zero-order valence-corrected chi connectivity index (χ0v) is 13.6. The largest absolute Gasteiger partial charge is 0.434 e. The van der Waals surface area contributed by atoms with Crippen molar-refractivity contribution in [3.63, 3.8) is 0 Å². The lowest BCUT2D eigenvalue weighted by atomic mass is 9.87. The molecule has 1 N–H and O–H groups in total. The van der Waals surface area contributed by atoms with E-state index in [9.17, 15) is 8.78 Å². The first-order valence-corrected chi connectivity index (χ1v) is 8.24. The number of hydrogen-bond donors (Lipinski definition) is 1. The molecular weight excluding hydrogens is 312 g/mol. The van der Waals surface area contributed by atoms with E-state index in [0.29, 0.717) is 23.1 Å². The molecule has 1 saturated carbocycles. The number of alkyl halides is 2. The number of anilines is 1. The third-order valence-corrected chi connectivity index (χ3v) is 4.42. The second kappa shape index (κ2) is 7.55. The molecule has 0 atom stereocenters. The Kier molecular flexibility index (Phi) is 5.23. The zero-order valence-electron chi connectivity index (χ0n) is 13.6. The van der Waals surface area contributed by atoms with Gasteiger partial charge in [-0.25, -0.2) is 9.97 Å². The summed E-state index contributed by atoms with van der Waals surface area (Å²) < 4.78 is 29.6. The molecule has 3 rings (SSSR count). The fraction of sp³-hybridized carbons (Fsp3) is 0.444. The summed E-state index contributed by atoms with van der Waals surface area (Å²) in [6, 6.07) is 7.05. The summed E-state index contributed by atoms with van der Waals surface area (Å²) in [5.41, 5.74) is 1.20. The van der Waals surface area contributed by atoms with Crippen molar-refractivity contribution in [3.8, 4) is 16.9 Å². The van der Waals surface area contributed by atoms with E-state index in [2.05, 4.69) is 26.9 Å². The average molecular weight is 333 g/mol. The highest BCUT2D eigenvalue weighted by atomic mass is 19.3. The number of ether oxygens (including phenoxy) is 1. The topological polar surface area (TPSA) is 47.0 Å². The van der Waals surface area contributed by atoms with E-state index < -0.39 is 6.61 Å². The Morgan fingerprint density at radius 2 is 1.75 bits per heavy atom. The Labute approximate surface area is 140 Å². The second-order valence-electron chi connectivity index (χ2n) is 6.27. The van der Waals surface area contributed by atoms with Crippen LogP contribution in [0.3, 0.4) is 0 Å². The van der Waals surface area contributed by atoms with Gasteiger partial charge in [-0.05, 0) is 37.7 Å². The molecule has 0 radical (unpaired) electrons. The highest BCUT2D eigenvalue weighted by Crippen LogP contribution is 2.30. The van der Waals surface area contributed by atoms with Crippen LogP contribution < -0.4 is 10.1 Å². The molecule has 0 spiro atoms. The van der Waals surface area contributed by atoms with Crippen molar-refractivity contribution in [2.45, 2.75) is 45.3 Å². The summed E-state index contributed by atoms with van der Waals surface area (Å²) in [5.74, 6) is 1.49. The Morgan fingerprint density at radius 1 is 1.08 bits per heavy atom. The first-order valence-electron chi connectivity index (χ1n) is 8.24. The molecule has 6 heteroatoms. The summed E-state index contributed by atoms with van der Waals surface area (Å²) in [7, 11) is 0. The van der Waals surface area contributed by atoms with E-state index in [4.69, 9.17) is 0 Å². The van der Waals surface area contributed by atoms with Gasteiger partial charge in [0.2, 0.25) is 5.95 Å². The van der Waals surface area contributed by atoms with Gasteiger partial charge in [0.1, 0.15) is 5.75 Å². The van der Waals surface area contributed by atoms with E-state index in [-0.39, 0.29) is 5.75 Å². The van der Waals surface area contributed by atoms with Crippen LogP contribution in [0.5, 0.6) is 5.75 Å². The van der Waals surface area contributed by atoms with Gasteiger partial charge in [0.15, 0.2) is 0 Å². The minimum Gasteiger partial charge on any atom is -0.434 e. The molecule has 1 fully saturated rings.